The predicted molar refractivity (Wildman–Crippen MR) is 302 cm³/mol. The van der Waals surface area contributed by atoms with Crippen molar-refractivity contribution in [2.75, 3.05) is 62.2 Å². The van der Waals surface area contributed by atoms with Crippen LogP contribution in [0.5, 0.6) is 6.01 Å². The summed E-state index contributed by atoms with van der Waals surface area (Å²) in [5, 5.41) is 13.1. The first-order valence-electron chi connectivity index (χ1n) is 27.0. The van der Waals surface area contributed by atoms with Crippen molar-refractivity contribution in [2.24, 2.45) is 0 Å². The smallest absolute Gasteiger partial charge is 0.408 e. The lowest BCUT2D eigenvalue weighted by atomic mass is 9.85. The number of hydrogen-bond donors (Lipinski definition) is 3. The Kier molecular flexibility index (Phi) is 13.9. The van der Waals surface area contributed by atoms with Gasteiger partial charge < -0.3 is 50.1 Å². The molecule has 0 bridgehead atoms. The van der Waals surface area contributed by atoms with E-state index in [0.29, 0.717) is 35.3 Å². The Labute approximate surface area is 484 Å². The van der Waals surface area contributed by atoms with E-state index in [1.54, 1.807) is 13.0 Å². The molecule has 0 saturated carbocycles. The van der Waals surface area contributed by atoms with E-state index in [4.69, 9.17) is 47.0 Å². The van der Waals surface area contributed by atoms with Crippen molar-refractivity contribution in [3.8, 4) is 34.6 Å². The van der Waals surface area contributed by atoms with Gasteiger partial charge in [-0.05, 0) is 75.5 Å². The van der Waals surface area contributed by atoms with Gasteiger partial charge in [0.1, 0.15) is 66.1 Å². The maximum atomic E-state index is 17.5. The number of nitriles is 1. The minimum Gasteiger partial charge on any atom is -0.461 e. The van der Waals surface area contributed by atoms with Gasteiger partial charge in [-0.1, -0.05) is 31.2 Å². The molecule has 0 spiro atoms. The normalized spacial score (nSPS) is 21.2. The number of nitrogens with zero attached hydrogens (tertiary/aromatic N) is 8. The summed E-state index contributed by atoms with van der Waals surface area (Å²) in [6, 6.07) is 11.1. The molecule has 3 fully saturated rings. The average Bonchev–Trinajstić information content (AvgIpc) is 1.64. The predicted octanol–water partition coefficient (Wildman–Crippen LogP) is 7.93. The summed E-state index contributed by atoms with van der Waals surface area (Å²) in [7, 11) is 0. The molecular formula is C58H52ClF4N11O9S. The Morgan fingerprint density at radius 1 is 1.06 bits per heavy atom. The number of nitrogens with one attached hydrogen (secondary N) is 1. The van der Waals surface area contributed by atoms with E-state index >= 15 is 8.78 Å². The fourth-order valence-corrected chi connectivity index (χ4v) is 13.8. The first-order valence-corrected chi connectivity index (χ1v) is 28.2. The quantitative estimate of drug-likeness (QED) is 0.0345. The number of rotatable bonds is 12. The number of anilines is 3. The van der Waals surface area contributed by atoms with E-state index in [9.17, 15) is 38.0 Å². The van der Waals surface area contributed by atoms with Crippen LogP contribution in [0.15, 0.2) is 59.4 Å². The molecule has 3 aromatic carbocycles. The standard InChI is InChI=1S/C58H52ClF4N11O9S/c1-5-58(36-16-42-47-30(13-29-14-40(65)39(62)17-41(29)68-47)22-74(42)53(77)35(36)24-80-54(58)78)83-43(75)20-67-56(79)82-28(4)27(3)52(76)71-11-12-73(26(2)21-71)51-33-15-37(59)45(32-7-8-38(61)49-44(32)34(19-64)50(66)84-49)46(63)48(33)69-55(70-51)81-25-57-9-6-10-72(57)23-31(60)18-57/h7-8,13-17,26,28,31H,3,5-6,9-12,18,20-25,65-66H2,1-2,4H3,(H,67,79). The van der Waals surface area contributed by atoms with E-state index in [0.717, 1.165) is 23.8 Å². The molecule has 20 nitrogen and oxygen atoms in total. The molecule has 5 unspecified atom stereocenters. The SMILES string of the molecule is C=C(C(=O)N1CCN(c2nc(OCC34CCCN3CC(F)C4)nc3c(F)c(-c4ccc(F)c5sc(N)c(C#N)c45)c(Cl)cc23)C(C)C1)C(C)OC(=O)NCC(=O)OC1(CC)C(=O)OCc2c1cc1n(c2=O)Cc2cc3cc(N)c(F)cc3nc2-1. The number of alkyl carbamates (subject to hydrolysis) is 1. The molecule has 434 valence electrons. The number of pyridine rings is 2. The molecule has 9 heterocycles. The van der Waals surface area contributed by atoms with E-state index in [2.05, 4.69) is 26.8 Å². The molecule has 5 aliphatic heterocycles. The fraction of sp³-hybridized carbons (Fsp3) is 0.362. The highest BCUT2D eigenvalue weighted by molar-refractivity contribution is 7.23. The number of fused-ring (bicyclic) bond motifs is 8. The first-order chi connectivity index (χ1) is 40.1. The van der Waals surface area contributed by atoms with Crippen LogP contribution >= 0.6 is 22.9 Å². The zero-order chi connectivity index (χ0) is 59.4. The Balaban J connectivity index is 0.737. The van der Waals surface area contributed by atoms with E-state index in [1.165, 1.54) is 46.7 Å². The summed E-state index contributed by atoms with van der Waals surface area (Å²) in [4.78, 5) is 87.9. The third-order valence-electron chi connectivity index (χ3n) is 16.8. The number of aromatic nitrogens is 4. The summed E-state index contributed by atoms with van der Waals surface area (Å²) in [6.07, 6.45) is -1.84. The number of alkyl halides is 1. The van der Waals surface area contributed by atoms with Crippen molar-refractivity contribution in [3.05, 3.63) is 110 Å². The number of ether oxygens (including phenoxy) is 4. The number of nitrogen functional groups attached to an aromatic ring is 2. The van der Waals surface area contributed by atoms with Crippen LogP contribution in [0.2, 0.25) is 5.02 Å². The second-order valence-electron chi connectivity index (χ2n) is 21.7. The van der Waals surface area contributed by atoms with Crippen LogP contribution in [0.3, 0.4) is 0 Å². The van der Waals surface area contributed by atoms with Gasteiger partial charge in [-0.15, -0.1) is 11.3 Å². The maximum Gasteiger partial charge on any atom is 0.408 e. The van der Waals surface area contributed by atoms with Gasteiger partial charge in [-0.25, -0.2) is 32.1 Å². The highest BCUT2D eigenvalue weighted by Crippen LogP contribution is 2.47. The molecule has 26 heteroatoms. The van der Waals surface area contributed by atoms with Crippen molar-refractivity contribution < 1.29 is 55.7 Å². The summed E-state index contributed by atoms with van der Waals surface area (Å²) >= 11 is 7.81. The summed E-state index contributed by atoms with van der Waals surface area (Å²) in [5.41, 5.74) is 9.91. The van der Waals surface area contributed by atoms with Crippen LogP contribution in [-0.2, 0) is 47.3 Å². The molecule has 84 heavy (non-hydrogen) atoms. The Hall–Kier alpha value is -8.60. The Morgan fingerprint density at radius 2 is 1.86 bits per heavy atom. The van der Waals surface area contributed by atoms with E-state index < -0.39 is 89.6 Å². The van der Waals surface area contributed by atoms with E-state index in [-0.39, 0.29) is 140 Å². The van der Waals surface area contributed by atoms with Crippen molar-refractivity contribution in [1.29, 1.82) is 5.26 Å². The number of piperazine rings is 1. The van der Waals surface area contributed by atoms with Gasteiger partial charge in [0.05, 0.1) is 61.1 Å². The van der Waals surface area contributed by atoms with Gasteiger partial charge >= 0.3 is 24.0 Å². The van der Waals surface area contributed by atoms with Crippen molar-refractivity contribution in [3.63, 3.8) is 0 Å². The van der Waals surface area contributed by atoms with Gasteiger partial charge in [-0.3, -0.25) is 19.3 Å². The Bertz CT molecular complexity index is 4160. The molecule has 5 aliphatic rings. The first kappa shape index (κ1) is 55.9. The molecule has 7 aromatic rings. The molecule has 12 rings (SSSR count). The van der Waals surface area contributed by atoms with Gasteiger partial charge in [0, 0.05) is 77.6 Å². The molecule has 3 saturated heterocycles. The molecule has 0 radical (unpaired) electrons. The van der Waals surface area contributed by atoms with Crippen LogP contribution in [-0.4, -0.2) is 123 Å². The van der Waals surface area contributed by atoms with Gasteiger partial charge in [-0.2, -0.15) is 15.2 Å². The van der Waals surface area contributed by atoms with Crippen LogP contribution < -0.4 is 32.0 Å². The molecular weight excluding hydrogens is 1140 g/mol. The molecule has 0 aliphatic carbocycles. The largest absolute Gasteiger partial charge is 0.461 e. The minimum absolute atomic E-state index is 0.0210. The highest BCUT2D eigenvalue weighted by atomic mass is 35.5. The minimum atomic E-state index is -2.11. The summed E-state index contributed by atoms with van der Waals surface area (Å²) in [6.45, 7) is 8.82. The number of halogens is 5. The number of amides is 2. The number of carbonyl (C=O) groups excluding carboxylic acids is 4. The summed E-state index contributed by atoms with van der Waals surface area (Å²) in [5.74, 6) is -4.65. The monoisotopic (exact) mass is 1190 g/mol. The van der Waals surface area contributed by atoms with Gasteiger partial charge in [0.25, 0.3) is 11.5 Å². The maximum absolute atomic E-state index is 17.5. The van der Waals surface area contributed by atoms with Crippen molar-refractivity contribution in [2.45, 2.75) is 89.1 Å². The lowest BCUT2D eigenvalue weighted by Crippen LogP contribution is -2.55. The van der Waals surface area contributed by atoms with Gasteiger partial charge in [0.2, 0.25) is 5.60 Å². The second kappa shape index (κ2) is 20.9. The molecule has 5 N–H and O–H groups in total. The van der Waals surface area contributed by atoms with Crippen LogP contribution in [0.4, 0.5) is 38.9 Å². The number of nitrogens with two attached hydrogens (primary N) is 2. The van der Waals surface area contributed by atoms with E-state index in [1.807, 2.05) is 17.9 Å². The fourth-order valence-electron chi connectivity index (χ4n) is 12.5. The molecule has 5 atom stereocenters. The Morgan fingerprint density at radius 3 is 2.62 bits per heavy atom. The lowest BCUT2D eigenvalue weighted by molar-refractivity contribution is -0.188. The number of hydrogen-bond acceptors (Lipinski definition) is 18. The lowest BCUT2D eigenvalue weighted by Gasteiger charge is -2.41. The van der Waals surface area contributed by atoms with Crippen molar-refractivity contribution in [1.82, 2.24) is 34.6 Å². The van der Waals surface area contributed by atoms with Gasteiger partial charge in [0.15, 0.2) is 5.82 Å². The van der Waals surface area contributed by atoms with Crippen LogP contribution in [0, 0.1) is 28.8 Å². The van der Waals surface area contributed by atoms with Crippen LogP contribution in [0.25, 0.3) is 54.4 Å². The zero-order valence-corrected chi connectivity index (χ0v) is 47.0. The number of esters is 2. The van der Waals surface area contributed by atoms with Crippen LogP contribution in [0.1, 0.15) is 68.7 Å². The number of thiophene rings is 1. The molecule has 2 amide bonds. The number of benzene rings is 3. The third-order valence-corrected chi connectivity index (χ3v) is 18.1. The summed E-state index contributed by atoms with van der Waals surface area (Å²) < 4.78 is 86.5. The number of carbonyl (C=O) groups is 4. The zero-order valence-electron chi connectivity index (χ0n) is 45.4. The molecule has 4 aromatic heterocycles. The highest BCUT2D eigenvalue weighted by Gasteiger charge is 2.51. The van der Waals surface area contributed by atoms with Crippen molar-refractivity contribution >= 4 is 95.3 Å². The third kappa shape index (κ3) is 9.12. The topological polar surface area (TPSA) is 263 Å². The average molecular weight is 1190 g/mol. The second-order valence-corrected chi connectivity index (χ2v) is 23.2. The number of cyclic esters (lactones) is 1.